The van der Waals surface area contributed by atoms with Crippen molar-refractivity contribution >= 4 is 35.2 Å². The summed E-state index contributed by atoms with van der Waals surface area (Å²) in [6.07, 6.45) is 3.78. The lowest BCUT2D eigenvalue weighted by molar-refractivity contribution is -0.115. The van der Waals surface area contributed by atoms with Gasteiger partial charge in [0.05, 0.1) is 5.75 Å². The first-order valence-electron chi connectivity index (χ1n) is 6.28. The maximum atomic E-state index is 12.1. The fourth-order valence-electron chi connectivity index (χ4n) is 2.18. The molecule has 2 aromatic rings. The minimum absolute atomic E-state index is 0.0216. The summed E-state index contributed by atoms with van der Waals surface area (Å²) >= 11 is 3.37. The van der Waals surface area contributed by atoms with Gasteiger partial charge in [-0.05, 0) is 36.1 Å². The molecule has 1 atom stereocenters. The number of pyridine rings is 1. The van der Waals surface area contributed by atoms with Gasteiger partial charge in [0, 0.05) is 11.1 Å². The van der Waals surface area contributed by atoms with E-state index in [2.05, 4.69) is 35.5 Å². The smallest absolute Gasteiger partial charge is 0.239 e. The molecule has 0 saturated carbocycles. The summed E-state index contributed by atoms with van der Waals surface area (Å²) in [6.45, 7) is 0. The van der Waals surface area contributed by atoms with E-state index in [0.29, 0.717) is 5.75 Å². The molecule has 0 aliphatic carbocycles. The molecular formula is C15H14N2OS2. The van der Waals surface area contributed by atoms with Crippen LogP contribution in [0.15, 0.2) is 53.6 Å². The van der Waals surface area contributed by atoms with E-state index in [4.69, 9.17) is 0 Å². The van der Waals surface area contributed by atoms with Crippen molar-refractivity contribution in [3.63, 3.8) is 0 Å². The first kappa shape index (κ1) is 13.5. The number of thioether (sulfide) groups is 2. The van der Waals surface area contributed by atoms with Crippen molar-refractivity contribution in [3.05, 3.63) is 54.2 Å². The first-order chi connectivity index (χ1) is 9.79. The molecule has 1 amide bonds. The Bertz CT molecular complexity index is 601. The molecule has 0 bridgehead atoms. The topological polar surface area (TPSA) is 33.2 Å². The standard InChI is InChI=1S/C15H14N2OS2/c1-19-12-7-5-11(6-8-12)15-17(14(18)10-20-15)13-4-2-3-9-16-13/h2-9,15H,10H2,1H3. The van der Waals surface area contributed by atoms with Crippen LogP contribution in [-0.2, 0) is 4.79 Å². The summed E-state index contributed by atoms with van der Waals surface area (Å²) in [5, 5.41) is 0.0216. The molecule has 1 aliphatic heterocycles. The van der Waals surface area contributed by atoms with Crippen LogP contribution >= 0.6 is 23.5 Å². The highest BCUT2D eigenvalue weighted by atomic mass is 32.2. The van der Waals surface area contributed by atoms with Crippen molar-refractivity contribution in [3.8, 4) is 0 Å². The van der Waals surface area contributed by atoms with Crippen molar-refractivity contribution in [1.82, 2.24) is 4.98 Å². The highest BCUT2D eigenvalue weighted by Crippen LogP contribution is 2.41. The quantitative estimate of drug-likeness (QED) is 0.811. The second-order valence-electron chi connectivity index (χ2n) is 4.39. The average molecular weight is 302 g/mol. The molecule has 1 unspecified atom stereocenters. The van der Waals surface area contributed by atoms with Gasteiger partial charge in [-0.2, -0.15) is 0 Å². The Morgan fingerprint density at radius 1 is 1.25 bits per heavy atom. The maximum Gasteiger partial charge on any atom is 0.239 e. The van der Waals surface area contributed by atoms with E-state index in [1.165, 1.54) is 4.90 Å². The van der Waals surface area contributed by atoms with Gasteiger partial charge in [0.15, 0.2) is 0 Å². The SMILES string of the molecule is CSc1ccc(C2SCC(=O)N2c2ccccn2)cc1. The highest BCUT2D eigenvalue weighted by molar-refractivity contribution is 8.00. The monoisotopic (exact) mass is 302 g/mol. The fraction of sp³-hybridized carbons (Fsp3) is 0.200. The largest absolute Gasteiger partial charge is 0.279 e. The lowest BCUT2D eigenvalue weighted by Crippen LogP contribution is -2.28. The number of amides is 1. The van der Waals surface area contributed by atoms with Gasteiger partial charge in [0.1, 0.15) is 11.2 Å². The molecule has 1 aromatic heterocycles. The molecule has 1 aromatic carbocycles. The summed E-state index contributed by atoms with van der Waals surface area (Å²) < 4.78 is 0. The molecule has 1 saturated heterocycles. The lowest BCUT2D eigenvalue weighted by Gasteiger charge is -2.23. The molecular weight excluding hydrogens is 288 g/mol. The Kier molecular flexibility index (Phi) is 3.98. The van der Waals surface area contributed by atoms with E-state index >= 15 is 0 Å². The van der Waals surface area contributed by atoms with E-state index in [1.807, 2.05) is 18.2 Å². The van der Waals surface area contributed by atoms with E-state index in [0.717, 1.165) is 11.4 Å². The van der Waals surface area contributed by atoms with Crippen LogP contribution in [0.25, 0.3) is 0 Å². The Morgan fingerprint density at radius 3 is 2.70 bits per heavy atom. The number of aromatic nitrogens is 1. The van der Waals surface area contributed by atoms with Gasteiger partial charge in [0.25, 0.3) is 0 Å². The minimum atomic E-state index is 0.0216. The lowest BCUT2D eigenvalue weighted by atomic mass is 10.2. The number of carbonyl (C=O) groups excluding carboxylic acids is 1. The molecule has 0 N–H and O–H groups in total. The van der Waals surface area contributed by atoms with E-state index < -0.39 is 0 Å². The van der Waals surface area contributed by atoms with Gasteiger partial charge in [-0.25, -0.2) is 4.98 Å². The fourth-order valence-corrected chi connectivity index (χ4v) is 3.76. The number of rotatable bonds is 3. The Labute approximate surface area is 126 Å². The third-order valence-electron chi connectivity index (χ3n) is 3.16. The number of hydrogen-bond acceptors (Lipinski definition) is 4. The number of nitrogens with zero attached hydrogens (tertiary/aromatic N) is 2. The van der Waals surface area contributed by atoms with E-state index in [9.17, 15) is 4.79 Å². The second kappa shape index (κ2) is 5.89. The zero-order valence-electron chi connectivity index (χ0n) is 11.0. The third kappa shape index (κ3) is 2.55. The van der Waals surface area contributed by atoms with Gasteiger partial charge < -0.3 is 0 Å². The van der Waals surface area contributed by atoms with E-state index in [1.54, 1.807) is 34.6 Å². The number of benzene rings is 1. The average Bonchev–Trinajstić information content (AvgIpc) is 2.90. The van der Waals surface area contributed by atoms with Crippen molar-refractivity contribution in [1.29, 1.82) is 0 Å². The normalized spacial score (nSPS) is 18.6. The van der Waals surface area contributed by atoms with Crippen LogP contribution in [0, 0.1) is 0 Å². The molecule has 1 fully saturated rings. The van der Waals surface area contributed by atoms with Crippen molar-refractivity contribution in [2.75, 3.05) is 16.9 Å². The maximum absolute atomic E-state index is 12.1. The number of anilines is 1. The van der Waals surface area contributed by atoms with Crippen LogP contribution in [0.2, 0.25) is 0 Å². The Hall–Kier alpha value is -1.46. The van der Waals surface area contributed by atoms with Gasteiger partial charge >= 0.3 is 0 Å². The number of carbonyl (C=O) groups is 1. The van der Waals surface area contributed by atoms with Crippen LogP contribution in [0.5, 0.6) is 0 Å². The molecule has 1 aliphatic rings. The molecule has 2 heterocycles. The summed E-state index contributed by atoms with van der Waals surface area (Å²) in [5.74, 6) is 1.35. The minimum Gasteiger partial charge on any atom is -0.279 e. The van der Waals surface area contributed by atoms with Crippen molar-refractivity contribution in [2.24, 2.45) is 0 Å². The summed E-state index contributed by atoms with van der Waals surface area (Å²) in [4.78, 5) is 19.5. The number of hydrogen-bond donors (Lipinski definition) is 0. The molecule has 102 valence electrons. The van der Waals surface area contributed by atoms with Gasteiger partial charge in [-0.1, -0.05) is 18.2 Å². The summed E-state index contributed by atoms with van der Waals surface area (Å²) in [7, 11) is 0. The zero-order valence-corrected chi connectivity index (χ0v) is 12.7. The van der Waals surface area contributed by atoms with Crippen LogP contribution in [0.3, 0.4) is 0 Å². The van der Waals surface area contributed by atoms with Gasteiger partial charge in [-0.15, -0.1) is 23.5 Å². The predicted molar refractivity (Wildman–Crippen MR) is 85.1 cm³/mol. The first-order valence-corrected chi connectivity index (χ1v) is 8.55. The molecule has 0 radical (unpaired) electrons. The molecule has 5 heteroatoms. The zero-order chi connectivity index (χ0) is 13.9. The second-order valence-corrected chi connectivity index (χ2v) is 6.34. The van der Waals surface area contributed by atoms with Crippen LogP contribution in [0.1, 0.15) is 10.9 Å². The summed E-state index contributed by atoms with van der Waals surface area (Å²) in [6, 6.07) is 14.0. The molecule has 20 heavy (non-hydrogen) atoms. The van der Waals surface area contributed by atoms with Crippen molar-refractivity contribution in [2.45, 2.75) is 10.3 Å². The molecule has 3 nitrogen and oxygen atoms in total. The Balaban J connectivity index is 1.93. The van der Waals surface area contributed by atoms with Crippen LogP contribution < -0.4 is 4.90 Å². The predicted octanol–water partition coefficient (Wildman–Crippen LogP) is 3.58. The van der Waals surface area contributed by atoms with Crippen LogP contribution in [0.4, 0.5) is 5.82 Å². The molecule has 3 rings (SSSR count). The van der Waals surface area contributed by atoms with Crippen LogP contribution in [-0.4, -0.2) is 22.9 Å². The summed E-state index contributed by atoms with van der Waals surface area (Å²) in [5.41, 5.74) is 1.14. The van der Waals surface area contributed by atoms with Gasteiger partial charge in [-0.3, -0.25) is 9.69 Å². The van der Waals surface area contributed by atoms with Crippen molar-refractivity contribution < 1.29 is 4.79 Å². The third-order valence-corrected chi connectivity index (χ3v) is 5.12. The Morgan fingerprint density at radius 2 is 2.05 bits per heavy atom. The highest BCUT2D eigenvalue weighted by Gasteiger charge is 2.34. The molecule has 0 spiro atoms. The van der Waals surface area contributed by atoms with E-state index in [-0.39, 0.29) is 11.3 Å². The van der Waals surface area contributed by atoms with Gasteiger partial charge in [0.2, 0.25) is 5.91 Å².